The number of anilines is 1. The third kappa shape index (κ3) is 7.52. The second-order valence-corrected chi connectivity index (χ2v) is 12.7. The number of carbonyl (C=O) groups is 1. The minimum atomic E-state index is -1.14. The standard InChI is InChI=1S/C32H47N3O5/c1-7-32(6)13-15-35(16-14-32)28-25(21-33-22(2)27(28)29(30(36)37)40-31(3,4)5)26-9-8-24(20-34-26)39-19-12-23-10-17-38-18-11-23/h8-9,20-21,23,29H,7,10-19H2,1-6H3,(H,36,37)/t29-/m0/s1. The predicted molar refractivity (Wildman–Crippen MR) is 157 cm³/mol. The van der Waals surface area contributed by atoms with Crippen molar-refractivity contribution >= 4 is 11.7 Å². The number of hydrogen-bond donors (Lipinski definition) is 1. The van der Waals surface area contributed by atoms with Crippen LogP contribution in [-0.4, -0.2) is 59.6 Å². The fourth-order valence-corrected chi connectivity index (χ4v) is 5.66. The van der Waals surface area contributed by atoms with Gasteiger partial charge in [0.1, 0.15) is 5.75 Å². The summed E-state index contributed by atoms with van der Waals surface area (Å²) in [6.45, 7) is 16.1. The molecule has 0 aromatic carbocycles. The molecule has 1 atom stereocenters. The average molecular weight is 554 g/mol. The zero-order chi connectivity index (χ0) is 28.9. The van der Waals surface area contributed by atoms with Crippen LogP contribution in [0.2, 0.25) is 0 Å². The molecule has 2 saturated heterocycles. The van der Waals surface area contributed by atoms with Gasteiger partial charge in [-0.05, 0) is 83.3 Å². The molecule has 220 valence electrons. The Morgan fingerprint density at radius 1 is 1.18 bits per heavy atom. The maximum Gasteiger partial charge on any atom is 0.337 e. The summed E-state index contributed by atoms with van der Waals surface area (Å²) in [6, 6.07) is 3.89. The first-order chi connectivity index (χ1) is 19.0. The normalized spacial score (nSPS) is 18.9. The Bertz CT molecular complexity index is 1130. The van der Waals surface area contributed by atoms with Crippen LogP contribution in [-0.2, 0) is 14.3 Å². The van der Waals surface area contributed by atoms with Crippen molar-refractivity contribution in [1.29, 1.82) is 0 Å². The predicted octanol–water partition coefficient (Wildman–Crippen LogP) is 6.60. The van der Waals surface area contributed by atoms with Gasteiger partial charge in [-0.15, -0.1) is 0 Å². The molecule has 0 amide bonds. The number of rotatable bonds is 10. The minimum absolute atomic E-state index is 0.287. The Kier molecular flexibility index (Phi) is 9.72. The van der Waals surface area contributed by atoms with E-state index >= 15 is 0 Å². The summed E-state index contributed by atoms with van der Waals surface area (Å²) in [5.74, 6) is 0.362. The number of piperidine rings is 1. The number of ether oxygens (including phenoxy) is 3. The highest BCUT2D eigenvalue weighted by Gasteiger charge is 2.36. The highest BCUT2D eigenvalue weighted by molar-refractivity contribution is 5.85. The number of aryl methyl sites for hydroxylation is 1. The van der Waals surface area contributed by atoms with Crippen LogP contribution in [0.15, 0.2) is 24.5 Å². The number of carboxylic acid groups (broad SMARTS) is 1. The van der Waals surface area contributed by atoms with Gasteiger partial charge < -0.3 is 24.2 Å². The number of aromatic nitrogens is 2. The Morgan fingerprint density at radius 3 is 2.45 bits per heavy atom. The van der Waals surface area contributed by atoms with Gasteiger partial charge in [0.15, 0.2) is 6.10 Å². The lowest BCUT2D eigenvalue weighted by Gasteiger charge is -2.42. The summed E-state index contributed by atoms with van der Waals surface area (Å²) in [6.07, 6.45) is 8.83. The number of carboxylic acids is 1. The molecular weight excluding hydrogens is 506 g/mol. The first-order valence-electron chi connectivity index (χ1n) is 14.8. The van der Waals surface area contributed by atoms with E-state index in [2.05, 4.69) is 23.7 Å². The fourth-order valence-electron chi connectivity index (χ4n) is 5.66. The molecule has 8 nitrogen and oxygen atoms in total. The second kappa shape index (κ2) is 12.9. The van der Waals surface area contributed by atoms with Gasteiger partial charge in [0.2, 0.25) is 0 Å². The molecule has 0 unspecified atom stereocenters. The van der Waals surface area contributed by atoms with E-state index < -0.39 is 17.7 Å². The molecule has 2 aliphatic heterocycles. The van der Waals surface area contributed by atoms with E-state index in [1.54, 1.807) is 6.20 Å². The SMILES string of the molecule is CCC1(C)CCN(c2c(-c3ccc(OCCC4CCOCC4)cn3)cnc(C)c2[C@H](OC(C)(C)C)C(=O)O)CC1. The van der Waals surface area contributed by atoms with Crippen molar-refractivity contribution in [3.8, 4) is 17.0 Å². The topological polar surface area (TPSA) is 94.0 Å². The van der Waals surface area contributed by atoms with Gasteiger partial charge in [-0.1, -0.05) is 20.3 Å². The van der Waals surface area contributed by atoms with Crippen molar-refractivity contribution in [1.82, 2.24) is 9.97 Å². The Balaban J connectivity index is 1.66. The highest BCUT2D eigenvalue weighted by atomic mass is 16.5. The third-order valence-corrected chi connectivity index (χ3v) is 8.53. The third-order valence-electron chi connectivity index (χ3n) is 8.53. The summed E-state index contributed by atoms with van der Waals surface area (Å²) in [7, 11) is 0. The number of nitrogens with zero attached hydrogens (tertiary/aromatic N) is 3. The fraction of sp³-hybridized carbons (Fsp3) is 0.656. The van der Waals surface area contributed by atoms with Crippen molar-refractivity contribution in [3.63, 3.8) is 0 Å². The summed E-state index contributed by atoms with van der Waals surface area (Å²) < 4.78 is 17.6. The molecule has 0 saturated carbocycles. The largest absolute Gasteiger partial charge is 0.492 e. The molecule has 4 rings (SSSR count). The van der Waals surface area contributed by atoms with Gasteiger partial charge in [-0.3, -0.25) is 9.97 Å². The number of pyridine rings is 2. The Hall–Kier alpha value is -2.71. The van der Waals surface area contributed by atoms with Crippen LogP contribution in [0.4, 0.5) is 5.69 Å². The smallest absolute Gasteiger partial charge is 0.337 e. The van der Waals surface area contributed by atoms with E-state index in [0.717, 1.165) is 87.5 Å². The van der Waals surface area contributed by atoms with Crippen LogP contribution >= 0.6 is 0 Å². The molecular formula is C32H47N3O5. The molecule has 40 heavy (non-hydrogen) atoms. The molecule has 4 heterocycles. The van der Waals surface area contributed by atoms with Crippen LogP contribution in [0.3, 0.4) is 0 Å². The van der Waals surface area contributed by atoms with Crippen LogP contribution in [0.25, 0.3) is 11.3 Å². The van der Waals surface area contributed by atoms with Crippen LogP contribution in [0, 0.1) is 18.3 Å². The van der Waals surface area contributed by atoms with Gasteiger partial charge in [0.05, 0.1) is 29.8 Å². The van der Waals surface area contributed by atoms with Crippen molar-refractivity contribution in [3.05, 3.63) is 35.8 Å². The summed E-state index contributed by atoms with van der Waals surface area (Å²) in [5, 5.41) is 10.3. The molecule has 2 aromatic heterocycles. The van der Waals surface area contributed by atoms with E-state index in [4.69, 9.17) is 19.2 Å². The van der Waals surface area contributed by atoms with Gasteiger partial charge in [0.25, 0.3) is 0 Å². The first-order valence-corrected chi connectivity index (χ1v) is 14.8. The summed E-state index contributed by atoms with van der Waals surface area (Å²) in [4.78, 5) is 24.4. The monoisotopic (exact) mass is 553 g/mol. The molecule has 0 radical (unpaired) electrons. The van der Waals surface area contributed by atoms with E-state index in [-0.39, 0.29) is 5.41 Å². The molecule has 2 aromatic rings. The van der Waals surface area contributed by atoms with E-state index in [0.29, 0.717) is 23.8 Å². The Labute approximate surface area is 239 Å². The molecule has 2 fully saturated rings. The van der Waals surface area contributed by atoms with Gasteiger partial charge in [0, 0.05) is 49.3 Å². The zero-order valence-electron chi connectivity index (χ0n) is 25.2. The number of aliphatic carboxylic acids is 1. The van der Waals surface area contributed by atoms with Gasteiger partial charge >= 0.3 is 5.97 Å². The summed E-state index contributed by atoms with van der Waals surface area (Å²) in [5.41, 5.74) is 3.33. The van der Waals surface area contributed by atoms with E-state index in [1.807, 2.05) is 46.0 Å². The zero-order valence-corrected chi connectivity index (χ0v) is 25.2. The lowest BCUT2D eigenvalue weighted by atomic mass is 9.78. The van der Waals surface area contributed by atoms with Crippen molar-refractivity contribution in [2.45, 2.75) is 91.8 Å². The molecule has 2 aliphatic rings. The minimum Gasteiger partial charge on any atom is -0.492 e. The first kappa shape index (κ1) is 30.3. The quantitative estimate of drug-likeness (QED) is 0.351. The van der Waals surface area contributed by atoms with Crippen molar-refractivity contribution < 1.29 is 24.1 Å². The Morgan fingerprint density at radius 2 is 1.88 bits per heavy atom. The lowest BCUT2D eigenvalue weighted by Crippen LogP contribution is -2.40. The van der Waals surface area contributed by atoms with E-state index in [9.17, 15) is 9.90 Å². The maximum atomic E-state index is 12.6. The van der Waals surface area contributed by atoms with Crippen molar-refractivity contribution in [2.24, 2.45) is 11.3 Å². The molecule has 1 N–H and O–H groups in total. The van der Waals surface area contributed by atoms with Crippen LogP contribution < -0.4 is 9.64 Å². The molecule has 0 aliphatic carbocycles. The number of hydrogen-bond acceptors (Lipinski definition) is 7. The molecule has 0 spiro atoms. The van der Waals surface area contributed by atoms with Crippen molar-refractivity contribution in [2.75, 3.05) is 37.8 Å². The maximum absolute atomic E-state index is 12.6. The van der Waals surface area contributed by atoms with Gasteiger partial charge in [-0.25, -0.2) is 4.79 Å². The van der Waals surface area contributed by atoms with Crippen LogP contribution in [0.1, 0.15) is 90.5 Å². The van der Waals surface area contributed by atoms with Gasteiger partial charge in [-0.2, -0.15) is 0 Å². The highest BCUT2D eigenvalue weighted by Crippen LogP contribution is 2.44. The van der Waals surface area contributed by atoms with E-state index in [1.165, 1.54) is 0 Å². The summed E-state index contributed by atoms with van der Waals surface area (Å²) >= 11 is 0. The average Bonchev–Trinajstić information content (AvgIpc) is 2.93. The lowest BCUT2D eigenvalue weighted by molar-refractivity contribution is -0.160. The second-order valence-electron chi connectivity index (χ2n) is 12.7. The molecule has 8 heteroatoms. The molecule has 0 bridgehead atoms. The van der Waals surface area contributed by atoms with Crippen LogP contribution in [0.5, 0.6) is 5.75 Å².